The van der Waals surface area contributed by atoms with E-state index in [1.54, 1.807) is 45.8 Å². The van der Waals surface area contributed by atoms with E-state index in [9.17, 15) is 9.59 Å². The van der Waals surface area contributed by atoms with Crippen LogP contribution < -0.4 is 11.1 Å². The van der Waals surface area contributed by atoms with Gasteiger partial charge in [0.15, 0.2) is 0 Å². The van der Waals surface area contributed by atoms with Crippen LogP contribution in [0.15, 0.2) is 46.0 Å². The minimum Gasteiger partial charge on any atom is -0.294 e. The molecule has 0 radical (unpaired) electrons. The first-order valence-corrected chi connectivity index (χ1v) is 17.1. The third kappa shape index (κ3) is 4.64. The Hall–Kier alpha value is -2.38. The molecule has 2 aromatic heterocycles. The number of hydrogen-bond acceptors (Lipinski definition) is 2. The Labute approximate surface area is 297 Å². The summed E-state index contributed by atoms with van der Waals surface area (Å²) in [6, 6.07) is 10.5. The summed E-state index contributed by atoms with van der Waals surface area (Å²) in [6.45, 7) is 13.7. The quantitative estimate of drug-likeness (QED) is 0.224. The molecule has 4 atom stereocenters. The highest BCUT2D eigenvalue weighted by Crippen LogP contribution is 2.67. The topological polar surface area (TPSA) is 64.7 Å². The molecule has 4 aliphatic carbocycles. The van der Waals surface area contributed by atoms with Gasteiger partial charge in [-0.3, -0.25) is 19.4 Å². The van der Waals surface area contributed by atoms with Crippen molar-refractivity contribution >= 4 is 46.4 Å². The maximum atomic E-state index is 13.2. The van der Waals surface area contributed by atoms with Gasteiger partial charge in [0.1, 0.15) is 0 Å². The number of hydrogen-bond donors (Lipinski definition) is 1. The molecule has 10 heteroatoms. The Morgan fingerprint density at radius 3 is 1.60 bits per heavy atom. The van der Waals surface area contributed by atoms with Crippen LogP contribution in [0, 0.1) is 10.8 Å². The lowest BCUT2D eigenvalue weighted by Gasteiger charge is -2.36. The van der Waals surface area contributed by atoms with Crippen LogP contribution in [0.2, 0.25) is 20.1 Å². The lowest BCUT2D eigenvalue weighted by Crippen LogP contribution is -2.35. The Morgan fingerprint density at radius 2 is 1.11 bits per heavy atom. The summed E-state index contributed by atoms with van der Waals surface area (Å²) in [5, 5.41) is 5.47. The zero-order valence-corrected chi connectivity index (χ0v) is 29.6. The van der Waals surface area contributed by atoms with Crippen LogP contribution in [0.25, 0.3) is 11.4 Å². The number of fused-ring (bicyclic) bond motifs is 10. The molecule has 2 fully saturated rings. The first-order chi connectivity index (χ1) is 20.9. The lowest BCUT2D eigenvalue weighted by atomic mass is 9.70. The zero-order chi connectivity index (χ0) is 32.6. The number of aromatic amines is 1. The number of nitrogens with one attached hydrogen (secondary N) is 1. The number of H-pyrrole nitrogens is 1. The summed E-state index contributed by atoms with van der Waals surface area (Å²) in [4.78, 5) is 26.1. The molecule has 0 amide bonds. The number of aromatic nitrogens is 4. The van der Waals surface area contributed by atoms with Crippen molar-refractivity contribution in [3.8, 4) is 11.4 Å². The molecule has 0 aliphatic heterocycles. The molecular weight excluding hydrogens is 674 g/mol. The van der Waals surface area contributed by atoms with E-state index in [1.165, 1.54) is 5.69 Å². The van der Waals surface area contributed by atoms with Crippen molar-refractivity contribution in [1.82, 2.24) is 19.1 Å². The van der Waals surface area contributed by atoms with Gasteiger partial charge in [-0.2, -0.15) is 0 Å². The van der Waals surface area contributed by atoms with Gasteiger partial charge in [0, 0.05) is 54.8 Å². The van der Waals surface area contributed by atoms with Gasteiger partial charge in [0.2, 0.25) is 0 Å². The van der Waals surface area contributed by atoms with Gasteiger partial charge in [-0.25, -0.2) is 9.36 Å². The molecular formula is C37H46Cl4N4O2. The lowest BCUT2D eigenvalue weighted by molar-refractivity contribution is 0.218. The summed E-state index contributed by atoms with van der Waals surface area (Å²) >= 11 is 24.4. The maximum absolute atomic E-state index is 13.2. The second-order valence-corrected chi connectivity index (χ2v) is 16.7. The van der Waals surface area contributed by atoms with Crippen LogP contribution in [0.1, 0.15) is 116 Å². The zero-order valence-electron chi connectivity index (χ0n) is 26.6. The first-order valence-electron chi connectivity index (χ1n) is 15.5. The molecule has 47 heavy (non-hydrogen) atoms. The number of benzene rings is 2. The van der Waals surface area contributed by atoms with Crippen molar-refractivity contribution in [2.75, 3.05) is 0 Å². The molecule has 0 spiro atoms. The van der Waals surface area contributed by atoms with E-state index in [1.807, 2.05) is 11.7 Å². The summed E-state index contributed by atoms with van der Waals surface area (Å²) in [7, 11) is 1.97. The van der Waals surface area contributed by atoms with Crippen molar-refractivity contribution in [3.63, 3.8) is 0 Å². The third-order valence-corrected chi connectivity index (χ3v) is 13.5. The smallest absolute Gasteiger partial charge is 0.275 e. The molecule has 4 bridgehead atoms. The van der Waals surface area contributed by atoms with Crippen LogP contribution in [-0.4, -0.2) is 19.1 Å². The number of rotatable bonds is 2. The SMILES string of the molecule is C.C.CC1(C)[C@@H]2CC[C@@]1(C)c1[nH]n(-c3cc(Cl)cc(Cl)c3)c(=O)c12.Cn1c2c(c(=O)n1-c1cc(Cl)cc(Cl)c1)[C@H]1CC[C@]2(C)C1(C)C. The Balaban J connectivity index is 0.000000177. The molecule has 2 saturated carbocycles. The molecule has 6 nitrogen and oxygen atoms in total. The number of nitrogens with zero attached hydrogens (tertiary/aromatic N) is 3. The monoisotopic (exact) mass is 718 g/mol. The highest BCUT2D eigenvalue weighted by atomic mass is 35.5. The summed E-state index contributed by atoms with van der Waals surface area (Å²) in [6.07, 6.45) is 4.42. The molecule has 0 unspecified atom stereocenters. The maximum Gasteiger partial charge on any atom is 0.275 e. The molecule has 8 rings (SSSR count). The van der Waals surface area contributed by atoms with E-state index < -0.39 is 0 Å². The molecule has 2 aromatic carbocycles. The fraction of sp³-hybridized carbons (Fsp3) is 0.514. The highest BCUT2D eigenvalue weighted by Gasteiger charge is 2.63. The van der Waals surface area contributed by atoms with Crippen LogP contribution in [0.3, 0.4) is 0 Å². The van der Waals surface area contributed by atoms with Gasteiger partial charge in [0.25, 0.3) is 11.1 Å². The first kappa shape index (κ1) is 35.9. The van der Waals surface area contributed by atoms with Gasteiger partial charge in [-0.05, 0) is 84.7 Å². The normalized spacial score (nSPS) is 26.6. The van der Waals surface area contributed by atoms with Crippen LogP contribution in [0.5, 0.6) is 0 Å². The standard InChI is InChI=1S/C18H20Cl2N2O.C17H18Cl2N2O.2CH4/c1-17(2)13-5-6-18(17,3)15-14(13)16(23)22(21(15)4)12-8-10(19)7-11(20)9-12;1-16(2)12-4-5-17(16,3)14-13(12)15(22)21(20-14)11-7-9(18)6-10(19)8-11;;/h7-9,13H,5-6H2,1-4H3;6-8,12,20H,4-5H2,1-3H3;2*1H4/t13-,18+;12-,17+;;/m11../s1. The molecule has 4 aliphatic rings. The average Bonchev–Trinajstić information content (AvgIpc) is 3.64. The van der Waals surface area contributed by atoms with Crippen LogP contribution in [-0.2, 0) is 17.9 Å². The van der Waals surface area contributed by atoms with E-state index in [2.05, 4.69) is 46.6 Å². The summed E-state index contributed by atoms with van der Waals surface area (Å²) < 4.78 is 5.32. The number of halogens is 4. The Morgan fingerprint density at radius 1 is 0.660 bits per heavy atom. The Kier molecular flexibility index (Phi) is 8.66. The second-order valence-electron chi connectivity index (χ2n) is 15.0. The summed E-state index contributed by atoms with van der Waals surface area (Å²) in [5.74, 6) is 0.657. The van der Waals surface area contributed by atoms with Crippen molar-refractivity contribution in [2.45, 2.75) is 105 Å². The predicted molar refractivity (Wildman–Crippen MR) is 197 cm³/mol. The van der Waals surface area contributed by atoms with Gasteiger partial charge in [0.05, 0.1) is 17.1 Å². The van der Waals surface area contributed by atoms with Crippen molar-refractivity contribution in [2.24, 2.45) is 17.9 Å². The Bertz CT molecular complexity index is 1990. The van der Waals surface area contributed by atoms with E-state index in [0.717, 1.165) is 48.2 Å². The van der Waals surface area contributed by atoms with Gasteiger partial charge in [-0.15, -0.1) is 0 Å². The predicted octanol–water partition coefficient (Wildman–Crippen LogP) is 10.6. The van der Waals surface area contributed by atoms with Crippen molar-refractivity contribution in [3.05, 3.63) is 99.7 Å². The largest absolute Gasteiger partial charge is 0.294 e. The molecule has 4 aromatic rings. The molecule has 2 heterocycles. The van der Waals surface area contributed by atoms with Gasteiger partial charge in [-0.1, -0.05) is 103 Å². The highest BCUT2D eigenvalue weighted by molar-refractivity contribution is 6.35. The fourth-order valence-corrected chi connectivity index (χ4v) is 10.5. The van der Waals surface area contributed by atoms with Crippen molar-refractivity contribution < 1.29 is 0 Å². The van der Waals surface area contributed by atoms with E-state index >= 15 is 0 Å². The molecule has 0 saturated heterocycles. The van der Waals surface area contributed by atoms with Gasteiger partial charge >= 0.3 is 0 Å². The minimum atomic E-state index is 0. The van der Waals surface area contributed by atoms with Crippen molar-refractivity contribution in [1.29, 1.82) is 0 Å². The molecule has 1 N–H and O–H groups in total. The summed E-state index contributed by atoms with van der Waals surface area (Å²) in [5.41, 5.74) is 6.05. The van der Waals surface area contributed by atoms with Crippen LogP contribution >= 0.6 is 46.4 Å². The van der Waals surface area contributed by atoms with E-state index in [0.29, 0.717) is 37.6 Å². The van der Waals surface area contributed by atoms with Gasteiger partial charge < -0.3 is 0 Å². The second kappa shape index (κ2) is 11.3. The fourth-order valence-electron chi connectivity index (χ4n) is 9.47. The van der Waals surface area contributed by atoms with E-state index in [4.69, 9.17) is 46.4 Å². The minimum absolute atomic E-state index is 0. The van der Waals surface area contributed by atoms with E-state index in [-0.39, 0.29) is 47.6 Å². The molecule has 254 valence electrons. The van der Waals surface area contributed by atoms with Crippen LogP contribution in [0.4, 0.5) is 0 Å². The third-order valence-electron chi connectivity index (χ3n) is 12.6. The average molecular weight is 721 g/mol.